The predicted molar refractivity (Wildman–Crippen MR) is 122 cm³/mol. The molecule has 0 amide bonds. The number of phenols is 1. The predicted octanol–water partition coefficient (Wildman–Crippen LogP) is 4.89. The summed E-state index contributed by atoms with van der Waals surface area (Å²) in [6.07, 6.45) is 3.68. The van der Waals surface area contributed by atoms with Crippen molar-refractivity contribution >= 4 is 23.0 Å². The van der Waals surface area contributed by atoms with Gasteiger partial charge in [-0.3, -0.25) is 4.98 Å². The average Bonchev–Trinajstić information content (AvgIpc) is 3.40. The van der Waals surface area contributed by atoms with Gasteiger partial charge in [-0.25, -0.2) is 4.39 Å². The lowest BCUT2D eigenvalue weighted by Crippen LogP contribution is -2.30. The Balaban J connectivity index is 1.68. The zero-order chi connectivity index (χ0) is 21.4. The van der Waals surface area contributed by atoms with Crippen molar-refractivity contribution in [1.29, 1.82) is 0 Å². The molecule has 0 aliphatic carbocycles. The first-order valence-electron chi connectivity index (χ1n) is 9.85. The fourth-order valence-corrected chi connectivity index (χ4v) is 4.39. The van der Waals surface area contributed by atoms with E-state index < -0.39 is 0 Å². The molecule has 154 valence electrons. The summed E-state index contributed by atoms with van der Waals surface area (Å²) in [7, 11) is 0. The number of aromatic hydroxyl groups is 1. The second-order valence-corrected chi connectivity index (χ2v) is 7.65. The minimum absolute atomic E-state index is 0.137. The minimum Gasteiger partial charge on any atom is -0.506 e. The number of thiocarbonyl (C=S) groups is 1. The van der Waals surface area contributed by atoms with E-state index in [0.717, 1.165) is 17.1 Å². The molecule has 2 unspecified atom stereocenters. The second-order valence-electron chi connectivity index (χ2n) is 7.26. The van der Waals surface area contributed by atoms with Crippen molar-refractivity contribution in [1.82, 2.24) is 14.9 Å². The maximum absolute atomic E-state index is 13.5. The van der Waals surface area contributed by atoms with Crippen LogP contribution >= 0.6 is 12.2 Å². The van der Waals surface area contributed by atoms with Gasteiger partial charge >= 0.3 is 0 Å². The lowest BCUT2D eigenvalue weighted by Gasteiger charge is -2.29. The molecule has 7 heteroatoms. The Kier molecular flexibility index (Phi) is 4.88. The fraction of sp³-hybridized carbons (Fsp3) is 0.0833. The number of anilines is 1. The monoisotopic (exact) mass is 430 g/mol. The molecule has 2 atom stereocenters. The van der Waals surface area contributed by atoms with E-state index in [9.17, 15) is 9.50 Å². The summed E-state index contributed by atoms with van der Waals surface area (Å²) in [4.78, 5) is 6.47. The van der Waals surface area contributed by atoms with E-state index in [-0.39, 0.29) is 23.7 Å². The fourth-order valence-electron chi connectivity index (χ4n) is 4.05. The molecule has 5 nitrogen and oxygen atoms in total. The molecule has 2 aromatic carbocycles. The number of aromatic nitrogens is 2. The first kappa shape index (κ1) is 19.3. The quantitative estimate of drug-likeness (QED) is 0.452. The molecule has 0 radical (unpaired) electrons. The van der Waals surface area contributed by atoms with Gasteiger partial charge in [0.15, 0.2) is 5.11 Å². The highest BCUT2D eigenvalue weighted by atomic mass is 32.1. The zero-order valence-electron chi connectivity index (χ0n) is 16.4. The van der Waals surface area contributed by atoms with E-state index in [0.29, 0.717) is 10.8 Å². The molecule has 3 heterocycles. The lowest BCUT2D eigenvalue weighted by molar-refractivity contribution is 0.472. The number of phenolic OH excluding ortho intramolecular Hbond substituents is 1. The van der Waals surface area contributed by atoms with Crippen LogP contribution in [-0.4, -0.2) is 19.8 Å². The number of hydrogen-bond donors (Lipinski definition) is 2. The first-order valence-corrected chi connectivity index (χ1v) is 10.3. The van der Waals surface area contributed by atoms with Crippen LogP contribution in [0, 0.1) is 5.82 Å². The summed E-state index contributed by atoms with van der Waals surface area (Å²) in [5.74, 6) is -0.151. The minimum atomic E-state index is -0.296. The molecule has 0 saturated carbocycles. The molecule has 0 spiro atoms. The van der Waals surface area contributed by atoms with Crippen molar-refractivity contribution in [2.24, 2.45) is 0 Å². The highest BCUT2D eigenvalue weighted by molar-refractivity contribution is 7.80. The Morgan fingerprint density at radius 1 is 0.935 bits per heavy atom. The SMILES string of the molecule is Oc1ccccc1N1C(=S)NC(c2ccccn2)C1c1cccn1-c1ccc(F)cc1. The van der Waals surface area contributed by atoms with Crippen molar-refractivity contribution in [3.05, 3.63) is 108 Å². The van der Waals surface area contributed by atoms with Gasteiger partial charge in [-0.15, -0.1) is 0 Å². The zero-order valence-corrected chi connectivity index (χ0v) is 17.2. The summed E-state index contributed by atoms with van der Waals surface area (Å²) >= 11 is 5.70. The Bertz CT molecular complexity index is 1230. The maximum Gasteiger partial charge on any atom is 0.174 e. The van der Waals surface area contributed by atoms with Crippen LogP contribution in [-0.2, 0) is 0 Å². The largest absolute Gasteiger partial charge is 0.506 e. The van der Waals surface area contributed by atoms with Crippen LogP contribution < -0.4 is 10.2 Å². The Morgan fingerprint density at radius 3 is 2.45 bits per heavy atom. The number of para-hydroxylation sites is 2. The van der Waals surface area contributed by atoms with Crippen LogP contribution in [0.15, 0.2) is 91.3 Å². The van der Waals surface area contributed by atoms with Gasteiger partial charge in [-0.05, 0) is 72.9 Å². The first-order chi connectivity index (χ1) is 15.1. The van der Waals surface area contributed by atoms with E-state index in [1.807, 2.05) is 58.1 Å². The lowest BCUT2D eigenvalue weighted by atomic mass is 10.0. The van der Waals surface area contributed by atoms with Gasteiger partial charge in [0, 0.05) is 23.8 Å². The third-order valence-corrected chi connectivity index (χ3v) is 5.74. The molecule has 2 N–H and O–H groups in total. The number of nitrogens with one attached hydrogen (secondary N) is 1. The molecular formula is C24H19FN4OS. The molecule has 1 aliphatic heterocycles. The summed E-state index contributed by atoms with van der Waals surface area (Å²) in [5.41, 5.74) is 3.20. The number of rotatable bonds is 4. The van der Waals surface area contributed by atoms with E-state index in [1.165, 1.54) is 12.1 Å². The van der Waals surface area contributed by atoms with Gasteiger partial charge < -0.3 is 19.9 Å². The normalized spacial score (nSPS) is 18.2. The van der Waals surface area contributed by atoms with Gasteiger partial charge in [-0.2, -0.15) is 0 Å². The van der Waals surface area contributed by atoms with E-state index in [1.54, 1.807) is 30.5 Å². The highest BCUT2D eigenvalue weighted by Gasteiger charge is 2.42. The molecule has 1 fully saturated rings. The Labute approximate surface area is 184 Å². The molecular weight excluding hydrogens is 411 g/mol. The van der Waals surface area contributed by atoms with Gasteiger partial charge in [0.05, 0.1) is 17.4 Å². The average molecular weight is 431 g/mol. The van der Waals surface area contributed by atoms with Crippen LogP contribution in [0.4, 0.5) is 10.1 Å². The molecule has 4 aromatic rings. The van der Waals surface area contributed by atoms with Crippen molar-refractivity contribution in [2.45, 2.75) is 12.1 Å². The molecule has 1 aliphatic rings. The van der Waals surface area contributed by atoms with Crippen LogP contribution in [0.2, 0.25) is 0 Å². The summed E-state index contributed by atoms with van der Waals surface area (Å²) in [5, 5.41) is 14.5. The summed E-state index contributed by atoms with van der Waals surface area (Å²) < 4.78 is 15.5. The van der Waals surface area contributed by atoms with Gasteiger partial charge in [0.2, 0.25) is 0 Å². The van der Waals surface area contributed by atoms with E-state index in [2.05, 4.69) is 10.3 Å². The van der Waals surface area contributed by atoms with Gasteiger partial charge in [0.1, 0.15) is 17.6 Å². The number of nitrogens with zero attached hydrogens (tertiary/aromatic N) is 3. The summed E-state index contributed by atoms with van der Waals surface area (Å²) in [6, 6.07) is 22.6. The second kappa shape index (κ2) is 7.85. The molecule has 5 rings (SSSR count). The van der Waals surface area contributed by atoms with Gasteiger partial charge in [-0.1, -0.05) is 18.2 Å². The number of hydrogen-bond acceptors (Lipinski definition) is 3. The smallest absolute Gasteiger partial charge is 0.174 e. The Morgan fingerprint density at radius 2 is 1.71 bits per heavy atom. The van der Waals surface area contributed by atoms with Crippen LogP contribution in [0.5, 0.6) is 5.75 Å². The molecule has 2 aromatic heterocycles. The molecule has 0 bridgehead atoms. The topological polar surface area (TPSA) is 53.3 Å². The van der Waals surface area contributed by atoms with Crippen LogP contribution in [0.1, 0.15) is 23.5 Å². The number of pyridine rings is 1. The van der Waals surface area contributed by atoms with Gasteiger partial charge in [0.25, 0.3) is 0 Å². The molecule has 1 saturated heterocycles. The standard InChI is InChI=1S/C24H19FN4OS/c25-16-10-12-17(13-11-16)28-15-5-8-20(28)23-22(18-6-3-4-14-26-18)27-24(31)29(23)19-7-1-2-9-21(19)30/h1-15,22-23,30H,(H,27,31). The summed E-state index contributed by atoms with van der Waals surface area (Å²) in [6.45, 7) is 0. The molecule has 31 heavy (non-hydrogen) atoms. The maximum atomic E-state index is 13.5. The van der Waals surface area contributed by atoms with Crippen molar-refractivity contribution in [2.75, 3.05) is 4.90 Å². The van der Waals surface area contributed by atoms with Crippen LogP contribution in [0.3, 0.4) is 0 Å². The highest BCUT2D eigenvalue weighted by Crippen LogP contribution is 2.44. The van der Waals surface area contributed by atoms with Crippen LogP contribution in [0.25, 0.3) is 5.69 Å². The number of halogens is 1. The Hall–Kier alpha value is -3.71. The third-order valence-electron chi connectivity index (χ3n) is 5.43. The van der Waals surface area contributed by atoms with E-state index >= 15 is 0 Å². The van der Waals surface area contributed by atoms with Crippen molar-refractivity contribution < 1.29 is 9.50 Å². The number of benzene rings is 2. The van der Waals surface area contributed by atoms with E-state index in [4.69, 9.17) is 12.2 Å². The van der Waals surface area contributed by atoms with Crippen molar-refractivity contribution in [3.63, 3.8) is 0 Å². The third kappa shape index (κ3) is 3.43. The van der Waals surface area contributed by atoms with Crippen molar-refractivity contribution in [3.8, 4) is 11.4 Å².